The molecule has 0 spiro atoms. The first-order chi connectivity index (χ1) is 10.0. The zero-order chi connectivity index (χ0) is 15.5. The molecule has 1 aromatic carbocycles. The normalized spacial score (nSPS) is 16.6. The van der Waals surface area contributed by atoms with Gasteiger partial charge in [0.05, 0.1) is 38.5 Å². The second kappa shape index (κ2) is 6.45. The van der Waals surface area contributed by atoms with Crippen LogP contribution < -0.4 is 9.47 Å². The van der Waals surface area contributed by atoms with Crippen molar-refractivity contribution < 1.29 is 19.0 Å². The van der Waals surface area contributed by atoms with E-state index in [2.05, 4.69) is 4.90 Å². The topological polar surface area (TPSA) is 48.0 Å². The summed E-state index contributed by atoms with van der Waals surface area (Å²) >= 11 is 0. The third-order valence-electron chi connectivity index (χ3n) is 4.01. The molecule has 116 valence electrons. The second-order valence-corrected chi connectivity index (χ2v) is 5.55. The summed E-state index contributed by atoms with van der Waals surface area (Å²) in [7, 11) is 3.16. The van der Waals surface area contributed by atoms with Gasteiger partial charge in [-0.1, -0.05) is 0 Å². The summed E-state index contributed by atoms with van der Waals surface area (Å²) in [5.41, 5.74) is -0.0583. The molecule has 0 aliphatic carbocycles. The van der Waals surface area contributed by atoms with E-state index in [-0.39, 0.29) is 5.78 Å². The van der Waals surface area contributed by atoms with Crippen LogP contribution in [0.3, 0.4) is 0 Å². The summed E-state index contributed by atoms with van der Waals surface area (Å²) in [5, 5.41) is 0. The minimum absolute atomic E-state index is 0.0279. The fourth-order valence-electron chi connectivity index (χ4n) is 2.59. The number of hydrogen-bond acceptors (Lipinski definition) is 5. The Bertz CT molecular complexity index is 507. The van der Waals surface area contributed by atoms with Crippen LogP contribution in [-0.4, -0.2) is 56.7 Å². The average molecular weight is 293 g/mol. The van der Waals surface area contributed by atoms with Crippen molar-refractivity contribution in [3.63, 3.8) is 0 Å². The van der Waals surface area contributed by atoms with Crippen molar-refractivity contribution in [1.29, 1.82) is 0 Å². The zero-order valence-electron chi connectivity index (χ0n) is 13.1. The predicted octanol–water partition coefficient (Wildman–Crippen LogP) is 2.00. The van der Waals surface area contributed by atoms with Crippen LogP contribution in [-0.2, 0) is 4.74 Å². The lowest BCUT2D eigenvalue weighted by Gasteiger charge is -2.39. The number of carbonyl (C=O) groups excluding carboxylic acids is 1. The van der Waals surface area contributed by atoms with Gasteiger partial charge in [-0.05, 0) is 32.0 Å². The largest absolute Gasteiger partial charge is 0.497 e. The Hall–Kier alpha value is -1.59. The van der Waals surface area contributed by atoms with Crippen LogP contribution in [0, 0.1) is 0 Å². The molecule has 0 bridgehead atoms. The highest BCUT2D eigenvalue weighted by Gasteiger charge is 2.37. The van der Waals surface area contributed by atoms with Crippen LogP contribution in [0.5, 0.6) is 11.5 Å². The lowest BCUT2D eigenvalue weighted by molar-refractivity contribution is -0.00438. The molecule has 2 rings (SSSR count). The molecule has 1 aromatic rings. The van der Waals surface area contributed by atoms with Crippen molar-refractivity contribution in [3.8, 4) is 11.5 Å². The summed E-state index contributed by atoms with van der Waals surface area (Å²) in [6.07, 6.45) is 0. The molecule has 1 aliphatic rings. The van der Waals surface area contributed by atoms with E-state index in [1.807, 2.05) is 13.8 Å². The van der Waals surface area contributed by atoms with E-state index in [0.29, 0.717) is 30.3 Å². The van der Waals surface area contributed by atoms with E-state index in [0.717, 1.165) is 13.1 Å². The van der Waals surface area contributed by atoms with Gasteiger partial charge in [0, 0.05) is 13.1 Å². The van der Waals surface area contributed by atoms with Gasteiger partial charge in [-0.2, -0.15) is 0 Å². The molecular weight excluding hydrogens is 270 g/mol. The van der Waals surface area contributed by atoms with Crippen LogP contribution in [0.2, 0.25) is 0 Å². The van der Waals surface area contributed by atoms with E-state index in [9.17, 15) is 4.79 Å². The average Bonchev–Trinajstić information content (AvgIpc) is 2.54. The van der Waals surface area contributed by atoms with Gasteiger partial charge in [-0.15, -0.1) is 0 Å². The highest BCUT2D eigenvalue weighted by atomic mass is 16.5. The van der Waals surface area contributed by atoms with Gasteiger partial charge in [-0.3, -0.25) is 9.69 Å². The number of benzene rings is 1. The van der Waals surface area contributed by atoms with Crippen LogP contribution >= 0.6 is 0 Å². The number of ether oxygens (including phenoxy) is 3. The molecule has 21 heavy (non-hydrogen) atoms. The Kier molecular flexibility index (Phi) is 4.85. The fraction of sp³-hybridized carbons (Fsp3) is 0.562. The van der Waals surface area contributed by atoms with Gasteiger partial charge in [0.1, 0.15) is 11.5 Å². The second-order valence-electron chi connectivity index (χ2n) is 5.55. The molecule has 0 saturated carbocycles. The van der Waals surface area contributed by atoms with Gasteiger partial charge in [0.2, 0.25) is 0 Å². The maximum absolute atomic E-state index is 13.0. The smallest absolute Gasteiger partial charge is 0.186 e. The van der Waals surface area contributed by atoms with Gasteiger partial charge in [0.15, 0.2) is 5.78 Å². The third-order valence-corrected chi connectivity index (χ3v) is 4.01. The van der Waals surface area contributed by atoms with Crippen LogP contribution in [0.15, 0.2) is 18.2 Å². The van der Waals surface area contributed by atoms with Crippen molar-refractivity contribution in [2.24, 2.45) is 0 Å². The minimum Gasteiger partial charge on any atom is -0.497 e. The van der Waals surface area contributed by atoms with Crippen LogP contribution in [0.25, 0.3) is 0 Å². The van der Waals surface area contributed by atoms with E-state index in [1.165, 1.54) is 0 Å². The number of carbonyl (C=O) groups is 1. The third kappa shape index (κ3) is 3.19. The Morgan fingerprint density at radius 2 is 1.86 bits per heavy atom. The van der Waals surface area contributed by atoms with Gasteiger partial charge >= 0.3 is 0 Å². The number of morpholine rings is 1. The zero-order valence-corrected chi connectivity index (χ0v) is 13.1. The molecule has 5 nitrogen and oxygen atoms in total. The summed E-state index contributed by atoms with van der Waals surface area (Å²) in [5.74, 6) is 1.25. The standard InChI is InChI=1S/C16H23NO4/c1-16(2,17-7-9-21-10-8-17)15(18)13-11-12(19-3)5-6-14(13)20-4/h5-6,11H,7-10H2,1-4H3. The number of nitrogens with zero attached hydrogens (tertiary/aromatic N) is 1. The Morgan fingerprint density at radius 1 is 1.19 bits per heavy atom. The minimum atomic E-state index is -0.608. The first-order valence-electron chi connectivity index (χ1n) is 7.10. The number of ketones is 1. The van der Waals surface area contributed by atoms with Crippen LogP contribution in [0.4, 0.5) is 0 Å². The molecule has 1 aliphatic heterocycles. The molecule has 5 heteroatoms. The molecule has 1 saturated heterocycles. The summed E-state index contributed by atoms with van der Waals surface area (Å²) in [6, 6.07) is 5.29. The SMILES string of the molecule is COc1ccc(OC)c(C(=O)C(C)(C)N2CCOCC2)c1. The molecule has 1 heterocycles. The molecule has 0 atom stereocenters. The number of hydrogen-bond donors (Lipinski definition) is 0. The van der Waals surface area contributed by atoms with Crippen molar-refractivity contribution in [1.82, 2.24) is 4.90 Å². The van der Waals surface area contributed by atoms with E-state index in [1.54, 1.807) is 32.4 Å². The molecule has 0 unspecified atom stereocenters. The van der Waals surface area contributed by atoms with E-state index in [4.69, 9.17) is 14.2 Å². The fourth-order valence-corrected chi connectivity index (χ4v) is 2.59. The van der Waals surface area contributed by atoms with Crippen molar-refractivity contribution in [2.75, 3.05) is 40.5 Å². The highest BCUT2D eigenvalue weighted by molar-refractivity contribution is 6.05. The Morgan fingerprint density at radius 3 is 2.43 bits per heavy atom. The van der Waals surface area contributed by atoms with E-state index >= 15 is 0 Å². The first kappa shape index (κ1) is 15.8. The van der Waals surface area contributed by atoms with Gasteiger partial charge in [-0.25, -0.2) is 0 Å². The maximum Gasteiger partial charge on any atom is 0.186 e. The van der Waals surface area contributed by atoms with Crippen molar-refractivity contribution >= 4 is 5.78 Å². The van der Waals surface area contributed by atoms with Crippen LogP contribution in [0.1, 0.15) is 24.2 Å². The molecule has 0 radical (unpaired) electrons. The Balaban J connectivity index is 2.33. The summed E-state index contributed by atoms with van der Waals surface area (Å²) in [4.78, 5) is 15.1. The molecule has 0 aromatic heterocycles. The monoisotopic (exact) mass is 293 g/mol. The molecular formula is C16H23NO4. The van der Waals surface area contributed by atoms with Gasteiger partial charge < -0.3 is 14.2 Å². The number of Topliss-reactive ketones (excluding diaryl/α,β-unsaturated/α-hetero) is 1. The predicted molar refractivity (Wildman–Crippen MR) is 80.3 cm³/mol. The number of methoxy groups -OCH3 is 2. The van der Waals surface area contributed by atoms with Crippen molar-refractivity contribution in [3.05, 3.63) is 23.8 Å². The number of rotatable bonds is 5. The first-order valence-corrected chi connectivity index (χ1v) is 7.10. The van der Waals surface area contributed by atoms with E-state index < -0.39 is 5.54 Å². The quantitative estimate of drug-likeness (QED) is 0.777. The molecule has 0 amide bonds. The Labute approximate surface area is 125 Å². The highest BCUT2D eigenvalue weighted by Crippen LogP contribution is 2.30. The molecule has 0 N–H and O–H groups in total. The van der Waals surface area contributed by atoms with Gasteiger partial charge in [0.25, 0.3) is 0 Å². The molecule has 1 fully saturated rings. The summed E-state index contributed by atoms with van der Waals surface area (Å²) < 4.78 is 15.9. The maximum atomic E-state index is 13.0. The summed E-state index contributed by atoms with van der Waals surface area (Å²) in [6.45, 7) is 6.72. The van der Waals surface area contributed by atoms with Crippen molar-refractivity contribution in [2.45, 2.75) is 19.4 Å². The lowest BCUT2D eigenvalue weighted by atomic mass is 9.90. The lowest BCUT2D eigenvalue weighted by Crippen LogP contribution is -2.54.